The Kier molecular flexibility index (Phi) is 6.24. The van der Waals surface area contributed by atoms with E-state index in [9.17, 15) is 17.2 Å². The molecule has 0 amide bonds. The fourth-order valence-electron chi connectivity index (χ4n) is 3.18. The summed E-state index contributed by atoms with van der Waals surface area (Å²) in [6.45, 7) is 1.21. The van der Waals surface area contributed by atoms with Gasteiger partial charge in [-0.15, -0.1) is 0 Å². The van der Waals surface area contributed by atoms with Gasteiger partial charge in [0.25, 0.3) is 0 Å². The van der Waals surface area contributed by atoms with Crippen LogP contribution in [0.2, 0.25) is 5.02 Å². The van der Waals surface area contributed by atoms with Gasteiger partial charge in [-0.2, -0.15) is 0 Å². The molecule has 1 aliphatic heterocycles. The molecule has 1 aliphatic rings. The molecular formula is C19H19ClF2O5S. The van der Waals surface area contributed by atoms with E-state index in [-0.39, 0.29) is 24.5 Å². The molecule has 9 heteroatoms. The van der Waals surface area contributed by atoms with Gasteiger partial charge in [-0.25, -0.2) is 17.2 Å². The molecule has 2 aromatic rings. The van der Waals surface area contributed by atoms with Gasteiger partial charge < -0.3 is 14.6 Å². The van der Waals surface area contributed by atoms with Crippen molar-refractivity contribution < 1.29 is 31.8 Å². The molecule has 28 heavy (non-hydrogen) atoms. The van der Waals surface area contributed by atoms with Gasteiger partial charge in [0, 0.05) is 11.6 Å². The van der Waals surface area contributed by atoms with E-state index in [0.29, 0.717) is 5.02 Å². The highest BCUT2D eigenvalue weighted by atomic mass is 35.5. The summed E-state index contributed by atoms with van der Waals surface area (Å²) in [6, 6.07) is 7.16. The van der Waals surface area contributed by atoms with Crippen molar-refractivity contribution in [1.82, 2.24) is 0 Å². The lowest BCUT2D eigenvalue weighted by Gasteiger charge is -2.35. The molecule has 3 atom stereocenters. The second kappa shape index (κ2) is 8.32. The molecule has 2 aromatic carbocycles. The number of aliphatic hydroxyl groups excluding tert-OH is 1. The normalized spacial score (nSPS) is 20.3. The molecule has 0 saturated heterocycles. The number of halogens is 3. The molecular weight excluding hydrogens is 414 g/mol. The van der Waals surface area contributed by atoms with Crippen LogP contribution in [0.25, 0.3) is 0 Å². The standard InChI is InChI=1S/C19H19ClF2O5S/c1-11(8-9-23)27-16-10-26-18-15(22)7-6-14(21)17(18)19(16)28(24,25)13-4-2-12(20)3-5-13/h2-7,11,16,19,23H,8-10H2,1H3/t11-,16?,19?/m1/s1. The Bertz CT molecular complexity index is 950. The molecule has 0 bridgehead atoms. The number of sulfone groups is 1. The molecule has 5 nitrogen and oxygen atoms in total. The Labute approximate surface area is 166 Å². The molecule has 3 rings (SSSR count). The van der Waals surface area contributed by atoms with Crippen LogP contribution in [-0.4, -0.2) is 38.9 Å². The molecule has 0 saturated carbocycles. The van der Waals surface area contributed by atoms with Crippen molar-refractivity contribution in [2.75, 3.05) is 13.2 Å². The van der Waals surface area contributed by atoms with Gasteiger partial charge >= 0.3 is 0 Å². The molecule has 1 N–H and O–H groups in total. The van der Waals surface area contributed by atoms with Crippen molar-refractivity contribution in [3.63, 3.8) is 0 Å². The maximum Gasteiger partial charge on any atom is 0.188 e. The Morgan fingerprint density at radius 3 is 2.50 bits per heavy atom. The minimum absolute atomic E-state index is 0.0955. The average Bonchev–Trinajstić information content (AvgIpc) is 2.65. The van der Waals surface area contributed by atoms with E-state index < -0.39 is 50.2 Å². The number of hydrogen-bond donors (Lipinski definition) is 1. The van der Waals surface area contributed by atoms with Crippen LogP contribution in [0.15, 0.2) is 41.3 Å². The van der Waals surface area contributed by atoms with E-state index >= 15 is 0 Å². The van der Waals surface area contributed by atoms with Crippen LogP contribution in [0, 0.1) is 11.6 Å². The van der Waals surface area contributed by atoms with Gasteiger partial charge in [-0.1, -0.05) is 11.6 Å². The topological polar surface area (TPSA) is 72.8 Å². The fraction of sp³-hybridized carbons (Fsp3) is 0.368. The number of aliphatic hydroxyl groups is 1. The van der Waals surface area contributed by atoms with Gasteiger partial charge in [0.15, 0.2) is 21.4 Å². The molecule has 152 valence electrons. The number of hydrogen-bond acceptors (Lipinski definition) is 5. The largest absolute Gasteiger partial charge is 0.487 e. The monoisotopic (exact) mass is 432 g/mol. The van der Waals surface area contributed by atoms with Crippen LogP contribution < -0.4 is 4.74 Å². The second-order valence-corrected chi connectivity index (χ2v) is 9.01. The predicted octanol–water partition coefficient (Wildman–Crippen LogP) is 3.68. The molecule has 0 aromatic heterocycles. The summed E-state index contributed by atoms with van der Waals surface area (Å²) in [5, 5.41) is 7.90. The lowest BCUT2D eigenvalue weighted by Crippen LogP contribution is -2.40. The predicted molar refractivity (Wildman–Crippen MR) is 99.3 cm³/mol. The quantitative estimate of drug-likeness (QED) is 0.753. The molecule has 0 spiro atoms. The number of ether oxygens (including phenoxy) is 2. The maximum atomic E-state index is 14.6. The highest BCUT2D eigenvalue weighted by Crippen LogP contribution is 2.44. The third kappa shape index (κ3) is 4.00. The first kappa shape index (κ1) is 21.0. The fourth-order valence-corrected chi connectivity index (χ4v) is 5.19. The zero-order valence-electron chi connectivity index (χ0n) is 14.9. The van der Waals surface area contributed by atoms with Gasteiger partial charge in [0.05, 0.1) is 16.6 Å². The number of rotatable bonds is 6. The molecule has 0 aliphatic carbocycles. The van der Waals surface area contributed by atoms with Crippen molar-refractivity contribution in [2.45, 2.75) is 35.7 Å². The minimum Gasteiger partial charge on any atom is -0.487 e. The summed E-state index contributed by atoms with van der Waals surface area (Å²) in [7, 11) is -4.17. The Hall–Kier alpha value is -1.74. The summed E-state index contributed by atoms with van der Waals surface area (Å²) in [4.78, 5) is -0.0955. The van der Waals surface area contributed by atoms with Gasteiger partial charge in [0.2, 0.25) is 0 Å². The lowest BCUT2D eigenvalue weighted by molar-refractivity contribution is -0.0442. The average molecular weight is 433 g/mol. The smallest absolute Gasteiger partial charge is 0.188 e. The molecule has 1 heterocycles. The molecule has 0 fully saturated rings. The summed E-state index contributed by atoms with van der Waals surface area (Å²) < 4.78 is 66.6. The van der Waals surface area contributed by atoms with Gasteiger partial charge in [-0.3, -0.25) is 0 Å². The first-order valence-corrected chi connectivity index (χ1v) is 10.5. The van der Waals surface area contributed by atoms with Crippen molar-refractivity contribution in [3.8, 4) is 5.75 Å². The minimum atomic E-state index is -4.17. The lowest BCUT2D eigenvalue weighted by atomic mass is 10.0. The van der Waals surface area contributed by atoms with E-state index in [0.717, 1.165) is 12.1 Å². The van der Waals surface area contributed by atoms with Crippen LogP contribution in [0.4, 0.5) is 8.78 Å². The first-order valence-electron chi connectivity index (χ1n) is 8.62. The van der Waals surface area contributed by atoms with E-state index in [1.807, 2.05) is 0 Å². The SMILES string of the molecule is C[C@H](CCO)OC1COc2c(F)ccc(F)c2C1S(=O)(=O)c1ccc(Cl)cc1. The van der Waals surface area contributed by atoms with E-state index in [4.69, 9.17) is 26.2 Å². The van der Waals surface area contributed by atoms with Crippen molar-refractivity contribution in [2.24, 2.45) is 0 Å². The highest BCUT2D eigenvalue weighted by Gasteiger charge is 2.45. The van der Waals surface area contributed by atoms with Crippen LogP contribution in [-0.2, 0) is 14.6 Å². The van der Waals surface area contributed by atoms with Crippen LogP contribution >= 0.6 is 11.6 Å². The summed E-state index contributed by atoms with van der Waals surface area (Å²) in [6.07, 6.45) is -1.35. The first-order chi connectivity index (χ1) is 13.3. The third-order valence-corrected chi connectivity index (χ3v) is 6.92. The molecule has 2 unspecified atom stereocenters. The number of fused-ring (bicyclic) bond motifs is 1. The Morgan fingerprint density at radius 2 is 1.86 bits per heavy atom. The Balaban J connectivity index is 2.13. The van der Waals surface area contributed by atoms with E-state index in [2.05, 4.69) is 0 Å². The second-order valence-electron chi connectivity index (χ2n) is 6.50. The highest BCUT2D eigenvalue weighted by molar-refractivity contribution is 7.91. The van der Waals surface area contributed by atoms with Gasteiger partial charge in [-0.05, 0) is 49.7 Å². The maximum absolute atomic E-state index is 14.6. The van der Waals surface area contributed by atoms with Crippen molar-refractivity contribution in [3.05, 3.63) is 58.6 Å². The van der Waals surface area contributed by atoms with Crippen LogP contribution in [0.3, 0.4) is 0 Å². The summed E-state index contributed by atoms with van der Waals surface area (Å²) >= 11 is 5.83. The van der Waals surface area contributed by atoms with Crippen LogP contribution in [0.5, 0.6) is 5.75 Å². The summed E-state index contributed by atoms with van der Waals surface area (Å²) in [5.74, 6) is -2.19. The van der Waals surface area contributed by atoms with Crippen molar-refractivity contribution in [1.29, 1.82) is 0 Å². The molecule has 0 radical (unpaired) electrons. The summed E-state index contributed by atoms with van der Waals surface area (Å²) in [5.41, 5.74) is -0.401. The van der Waals surface area contributed by atoms with Crippen molar-refractivity contribution >= 4 is 21.4 Å². The third-order valence-electron chi connectivity index (χ3n) is 4.53. The van der Waals surface area contributed by atoms with Gasteiger partial charge in [0.1, 0.15) is 23.8 Å². The van der Waals surface area contributed by atoms with E-state index in [1.54, 1.807) is 6.92 Å². The zero-order valence-corrected chi connectivity index (χ0v) is 16.5. The Morgan fingerprint density at radius 1 is 1.21 bits per heavy atom. The zero-order chi connectivity index (χ0) is 20.5. The number of benzene rings is 2. The van der Waals surface area contributed by atoms with E-state index in [1.165, 1.54) is 24.3 Å². The van der Waals surface area contributed by atoms with Crippen LogP contribution in [0.1, 0.15) is 24.2 Å².